The van der Waals surface area contributed by atoms with Crippen molar-refractivity contribution in [2.45, 2.75) is 25.8 Å². The van der Waals surface area contributed by atoms with E-state index in [-0.39, 0.29) is 18.5 Å². The van der Waals surface area contributed by atoms with Gasteiger partial charge in [-0.2, -0.15) is 0 Å². The largest absolute Gasteiger partial charge is 0.481 e. The molecule has 0 aliphatic carbocycles. The molecule has 7 nitrogen and oxygen atoms in total. The fourth-order valence-corrected chi connectivity index (χ4v) is 2.83. The summed E-state index contributed by atoms with van der Waals surface area (Å²) in [4.78, 5) is 25.8. The van der Waals surface area contributed by atoms with Gasteiger partial charge in [-0.25, -0.2) is 4.98 Å². The summed E-state index contributed by atoms with van der Waals surface area (Å²) in [5, 5.41) is 19.9. The molecule has 128 valence electrons. The summed E-state index contributed by atoms with van der Waals surface area (Å²) in [6.45, 7) is 0.632. The molecule has 0 aliphatic rings. The molecule has 1 N–H and O–H groups in total. The van der Waals surface area contributed by atoms with E-state index in [1.165, 1.54) is 12.1 Å². The predicted octanol–water partition coefficient (Wildman–Crippen LogP) is 3.20. The first-order chi connectivity index (χ1) is 12.0. The van der Waals surface area contributed by atoms with Crippen molar-refractivity contribution in [1.82, 2.24) is 9.55 Å². The SMILES string of the molecule is O=C(O)CCc1nc2cc([N+](=O)[O-])ccc2n1CCc1ccccc1. The molecule has 0 radical (unpaired) electrons. The fraction of sp³-hybridized carbons (Fsp3) is 0.222. The van der Waals surface area contributed by atoms with Crippen LogP contribution in [0.15, 0.2) is 48.5 Å². The monoisotopic (exact) mass is 339 g/mol. The number of nitro groups is 1. The number of benzene rings is 2. The van der Waals surface area contributed by atoms with Crippen molar-refractivity contribution in [3.63, 3.8) is 0 Å². The minimum Gasteiger partial charge on any atom is -0.481 e. The van der Waals surface area contributed by atoms with Crippen molar-refractivity contribution in [2.24, 2.45) is 0 Å². The molecule has 0 fully saturated rings. The third-order valence-corrected chi connectivity index (χ3v) is 4.05. The van der Waals surface area contributed by atoms with Crippen LogP contribution in [0.4, 0.5) is 5.69 Å². The number of nitrogens with zero attached hydrogens (tertiary/aromatic N) is 3. The molecule has 25 heavy (non-hydrogen) atoms. The van der Waals surface area contributed by atoms with Crippen LogP contribution in [0.1, 0.15) is 17.8 Å². The zero-order valence-corrected chi connectivity index (χ0v) is 13.5. The van der Waals surface area contributed by atoms with Gasteiger partial charge in [0.25, 0.3) is 5.69 Å². The summed E-state index contributed by atoms with van der Waals surface area (Å²) in [5.41, 5.74) is 2.44. The molecule has 0 saturated heterocycles. The molecular formula is C18H17N3O4. The highest BCUT2D eigenvalue weighted by atomic mass is 16.6. The maximum atomic E-state index is 11.0. The van der Waals surface area contributed by atoms with E-state index in [9.17, 15) is 14.9 Å². The van der Waals surface area contributed by atoms with E-state index in [0.717, 1.165) is 17.5 Å². The van der Waals surface area contributed by atoms with Crippen LogP contribution < -0.4 is 0 Å². The Kier molecular flexibility index (Phi) is 4.74. The standard InChI is InChI=1S/C18H17N3O4/c22-18(23)9-8-17-19-15-12-14(21(24)25)6-7-16(15)20(17)11-10-13-4-2-1-3-5-13/h1-7,12H,8-11H2,(H,22,23). The quantitative estimate of drug-likeness (QED) is 0.526. The first kappa shape index (κ1) is 16.6. The van der Waals surface area contributed by atoms with Crippen molar-refractivity contribution in [2.75, 3.05) is 0 Å². The van der Waals surface area contributed by atoms with Crippen molar-refractivity contribution < 1.29 is 14.8 Å². The highest BCUT2D eigenvalue weighted by molar-refractivity contribution is 5.79. The van der Waals surface area contributed by atoms with Crippen molar-refractivity contribution in [1.29, 1.82) is 0 Å². The van der Waals surface area contributed by atoms with Crippen LogP contribution in [-0.2, 0) is 24.2 Å². The normalized spacial score (nSPS) is 10.9. The summed E-state index contributed by atoms with van der Waals surface area (Å²) < 4.78 is 1.95. The van der Waals surface area contributed by atoms with E-state index in [1.807, 2.05) is 34.9 Å². The summed E-state index contributed by atoms with van der Waals surface area (Å²) >= 11 is 0. The first-order valence-electron chi connectivity index (χ1n) is 7.94. The van der Waals surface area contributed by atoms with E-state index >= 15 is 0 Å². The number of carbonyl (C=O) groups is 1. The Morgan fingerprint density at radius 1 is 1.16 bits per heavy atom. The average molecular weight is 339 g/mol. The lowest BCUT2D eigenvalue weighted by molar-refractivity contribution is -0.384. The third kappa shape index (κ3) is 3.82. The Morgan fingerprint density at radius 2 is 1.92 bits per heavy atom. The van der Waals surface area contributed by atoms with Gasteiger partial charge in [0.2, 0.25) is 0 Å². The number of aliphatic carboxylic acids is 1. The topological polar surface area (TPSA) is 98.3 Å². The number of carboxylic acid groups (broad SMARTS) is 1. The van der Waals surface area contributed by atoms with Gasteiger partial charge in [-0.15, -0.1) is 0 Å². The lowest BCUT2D eigenvalue weighted by Gasteiger charge is -2.09. The molecule has 1 heterocycles. The number of aryl methyl sites for hydroxylation is 3. The van der Waals surface area contributed by atoms with E-state index < -0.39 is 10.9 Å². The molecule has 0 saturated carbocycles. The molecule has 7 heteroatoms. The second-order valence-electron chi connectivity index (χ2n) is 5.74. The Labute approximate surface area is 143 Å². The molecule has 2 aromatic carbocycles. The van der Waals surface area contributed by atoms with Crippen LogP contribution in [0.3, 0.4) is 0 Å². The minimum atomic E-state index is -0.896. The number of imidazole rings is 1. The molecule has 0 atom stereocenters. The number of rotatable bonds is 7. The highest BCUT2D eigenvalue weighted by Crippen LogP contribution is 2.23. The molecule has 3 aromatic rings. The summed E-state index contributed by atoms with van der Waals surface area (Å²) in [6.07, 6.45) is 1.02. The van der Waals surface area contributed by atoms with Gasteiger partial charge in [-0.3, -0.25) is 14.9 Å². The summed E-state index contributed by atoms with van der Waals surface area (Å²) in [5.74, 6) is -0.263. The van der Waals surface area contributed by atoms with Crippen LogP contribution in [0.2, 0.25) is 0 Å². The fourth-order valence-electron chi connectivity index (χ4n) is 2.83. The Morgan fingerprint density at radius 3 is 2.60 bits per heavy atom. The lowest BCUT2D eigenvalue weighted by atomic mass is 10.1. The molecule has 0 unspecified atom stereocenters. The molecule has 3 rings (SSSR count). The number of fused-ring (bicyclic) bond motifs is 1. The Hall–Kier alpha value is -3.22. The van der Waals surface area contributed by atoms with Crippen LogP contribution in [0.5, 0.6) is 0 Å². The maximum Gasteiger partial charge on any atom is 0.303 e. The van der Waals surface area contributed by atoms with E-state index in [0.29, 0.717) is 17.9 Å². The van der Waals surface area contributed by atoms with Gasteiger partial charge in [0.15, 0.2) is 0 Å². The van der Waals surface area contributed by atoms with Crippen LogP contribution in [0, 0.1) is 10.1 Å². The minimum absolute atomic E-state index is 0.0232. The van der Waals surface area contributed by atoms with Gasteiger partial charge in [0.05, 0.1) is 22.4 Å². The average Bonchev–Trinajstić information content (AvgIpc) is 2.95. The molecular weight excluding hydrogens is 322 g/mol. The van der Waals surface area contributed by atoms with Gasteiger partial charge in [-0.05, 0) is 18.1 Å². The number of hydrogen-bond acceptors (Lipinski definition) is 4. The number of nitro benzene ring substituents is 1. The van der Waals surface area contributed by atoms with Crippen molar-refractivity contribution in [3.05, 3.63) is 70.0 Å². The lowest BCUT2D eigenvalue weighted by Crippen LogP contribution is -2.08. The third-order valence-electron chi connectivity index (χ3n) is 4.05. The molecule has 0 bridgehead atoms. The van der Waals surface area contributed by atoms with Crippen LogP contribution in [0.25, 0.3) is 11.0 Å². The van der Waals surface area contributed by atoms with Gasteiger partial charge < -0.3 is 9.67 Å². The van der Waals surface area contributed by atoms with E-state index in [1.54, 1.807) is 6.07 Å². The second kappa shape index (κ2) is 7.12. The second-order valence-corrected chi connectivity index (χ2v) is 5.74. The van der Waals surface area contributed by atoms with E-state index in [4.69, 9.17) is 5.11 Å². The molecule has 1 aromatic heterocycles. The zero-order chi connectivity index (χ0) is 17.8. The van der Waals surface area contributed by atoms with Crippen LogP contribution in [-0.4, -0.2) is 25.6 Å². The summed E-state index contributed by atoms with van der Waals surface area (Å²) in [7, 11) is 0. The van der Waals surface area contributed by atoms with E-state index in [2.05, 4.69) is 4.98 Å². The predicted molar refractivity (Wildman–Crippen MR) is 92.5 cm³/mol. The first-order valence-corrected chi connectivity index (χ1v) is 7.94. The smallest absolute Gasteiger partial charge is 0.303 e. The molecule has 0 aliphatic heterocycles. The Balaban J connectivity index is 1.95. The number of hydrogen-bond donors (Lipinski definition) is 1. The Bertz CT molecular complexity index is 919. The molecule has 0 spiro atoms. The number of non-ortho nitro benzene ring substituents is 1. The maximum absolute atomic E-state index is 11.0. The zero-order valence-electron chi connectivity index (χ0n) is 13.5. The van der Waals surface area contributed by atoms with Gasteiger partial charge >= 0.3 is 5.97 Å². The van der Waals surface area contributed by atoms with Gasteiger partial charge in [0, 0.05) is 25.1 Å². The van der Waals surface area contributed by atoms with Gasteiger partial charge in [0.1, 0.15) is 5.82 Å². The number of aromatic nitrogens is 2. The highest BCUT2D eigenvalue weighted by Gasteiger charge is 2.15. The van der Waals surface area contributed by atoms with Crippen molar-refractivity contribution in [3.8, 4) is 0 Å². The van der Waals surface area contributed by atoms with Crippen molar-refractivity contribution >= 4 is 22.7 Å². The van der Waals surface area contributed by atoms with Gasteiger partial charge in [-0.1, -0.05) is 30.3 Å². The number of carboxylic acids is 1. The summed E-state index contributed by atoms with van der Waals surface area (Å²) in [6, 6.07) is 14.5. The van der Waals surface area contributed by atoms with Crippen LogP contribution >= 0.6 is 0 Å². The molecule has 0 amide bonds.